The van der Waals surface area contributed by atoms with Gasteiger partial charge in [0.2, 0.25) is 15.9 Å². The molecule has 2 N–H and O–H groups in total. The van der Waals surface area contributed by atoms with Crippen LogP contribution in [0.1, 0.15) is 27.2 Å². The van der Waals surface area contributed by atoms with Gasteiger partial charge in [-0.1, -0.05) is 13.8 Å². The maximum absolute atomic E-state index is 13.0. The normalized spacial score (nSPS) is 19.5. The molecule has 1 saturated heterocycles. The second-order valence-electron chi connectivity index (χ2n) is 8.24. The van der Waals surface area contributed by atoms with E-state index >= 15 is 0 Å². The van der Waals surface area contributed by atoms with Crippen molar-refractivity contribution in [2.75, 3.05) is 46.1 Å². The Morgan fingerprint density at radius 2 is 1.74 bits per heavy atom. The SMILES string of the molecule is CC(C)C(NS(=O)(=O)c1ccc2c(c1)OCCCO2)C(=O)NCC(C)N1CCOCC1. The summed E-state index contributed by atoms with van der Waals surface area (Å²) in [5, 5.41) is 2.90. The number of carbonyl (C=O) groups is 1. The van der Waals surface area contributed by atoms with Gasteiger partial charge in [-0.2, -0.15) is 4.72 Å². The fourth-order valence-corrected chi connectivity index (χ4v) is 4.90. The average Bonchev–Trinajstić information content (AvgIpc) is 3.01. The van der Waals surface area contributed by atoms with Crippen molar-refractivity contribution in [2.24, 2.45) is 5.92 Å². The summed E-state index contributed by atoms with van der Waals surface area (Å²) < 4.78 is 45.1. The molecule has 2 unspecified atom stereocenters. The number of carbonyl (C=O) groups excluding carboxylic acids is 1. The van der Waals surface area contributed by atoms with E-state index in [0.717, 1.165) is 19.5 Å². The Bertz CT molecular complexity index is 855. The molecule has 9 nitrogen and oxygen atoms in total. The number of ether oxygens (including phenoxy) is 3. The van der Waals surface area contributed by atoms with Gasteiger partial charge in [0, 0.05) is 38.2 Å². The lowest BCUT2D eigenvalue weighted by atomic mass is 10.0. The summed E-state index contributed by atoms with van der Waals surface area (Å²) in [5.74, 6) is 0.346. The van der Waals surface area contributed by atoms with Gasteiger partial charge in [0.1, 0.15) is 6.04 Å². The minimum Gasteiger partial charge on any atom is -0.490 e. The zero-order valence-corrected chi connectivity index (χ0v) is 19.2. The van der Waals surface area contributed by atoms with Crippen molar-refractivity contribution in [3.05, 3.63) is 18.2 Å². The fraction of sp³-hybridized carbons (Fsp3) is 0.667. The first kappa shape index (κ1) is 23.8. The molecule has 10 heteroatoms. The number of fused-ring (bicyclic) bond motifs is 1. The predicted molar refractivity (Wildman–Crippen MR) is 116 cm³/mol. The van der Waals surface area contributed by atoms with Crippen LogP contribution in [0.15, 0.2) is 23.1 Å². The highest BCUT2D eigenvalue weighted by Gasteiger charge is 2.30. The molecule has 174 valence electrons. The number of morpholine rings is 1. The summed E-state index contributed by atoms with van der Waals surface area (Å²) in [6.07, 6.45) is 0.730. The number of hydrogen-bond donors (Lipinski definition) is 2. The van der Waals surface area contributed by atoms with Crippen molar-refractivity contribution in [1.29, 1.82) is 0 Å². The van der Waals surface area contributed by atoms with E-state index in [1.807, 2.05) is 20.8 Å². The smallest absolute Gasteiger partial charge is 0.241 e. The van der Waals surface area contributed by atoms with Crippen LogP contribution in [-0.4, -0.2) is 77.4 Å². The Labute approximate surface area is 184 Å². The number of benzene rings is 1. The maximum atomic E-state index is 13.0. The quantitative estimate of drug-likeness (QED) is 0.602. The van der Waals surface area contributed by atoms with E-state index in [9.17, 15) is 13.2 Å². The van der Waals surface area contributed by atoms with Gasteiger partial charge in [-0.3, -0.25) is 9.69 Å². The van der Waals surface area contributed by atoms with E-state index in [2.05, 4.69) is 14.9 Å². The number of rotatable bonds is 8. The fourth-order valence-electron chi connectivity index (χ4n) is 3.54. The number of nitrogens with zero attached hydrogens (tertiary/aromatic N) is 1. The van der Waals surface area contributed by atoms with E-state index in [1.165, 1.54) is 12.1 Å². The number of hydrogen-bond acceptors (Lipinski definition) is 7. The molecule has 1 aromatic rings. The topological polar surface area (TPSA) is 106 Å². The van der Waals surface area contributed by atoms with Crippen molar-refractivity contribution in [3.63, 3.8) is 0 Å². The van der Waals surface area contributed by atoms with Crippen molar-refractivity contribution < 1.29 is 27.4 Å². The van der Waals surface area contributed by atoms with E-state index in [0.29, 0.717) is 44.5 Å². The molecule has 2 heterocycles. The highest BCUT2D eigenvalue weighted by molar-refractivity contribution is 7.89. The van der Waals surface area contributed by atoms with Crippen LogP contribution in [0.25, 0.3) is 0 Å². The molecule has 0 bridgehead atoms. The maximum Gasteiger partial charge on any atom is 0.241 e. The van der Waals surface area contributed by atoms with Crippen LogP contribution in [0.4, 0.5) is 0 Å². The largest absolute Gasteiger partial charge is 0.490 e. The zero-order valence-electron chi connectivity index (χ0n) is 18.4. The van der Waals surface area contributed by atoms with Gasteiger partial charge >= 0.3 is 0 Å². The molecule has 2 aliphatic rings. The lowest BCUT2D eigenvalue weighted by molar-refractivity contribution is -0.124. The average molecular weight is 456 g/mol. The van der Waals surface area contributed by atoms with Gasteiger partial charge in [0.25, 0.3) is 0 Å². The monoisotopic (exact) mass is 455 g/mol. The molecule has 1 aromatic carbocycles. The van der Waals surface area contributed by atoms with Crippen LogP contribution in [0.2, 0.25) is 0 Å². The summed E-state index contributed by atoms with van der Waals surface area (Å²) in [5.41, 5.74) is 0. The summed E-state index contributed by atoms with van der Waals surface area (Å²) >= 11 is 0. The first-order chi connectivity index (χ1) is 14.8. The van der Waals surface area contributed by atoms with Crippen LogP contribution in [0, 0.1) is 5.92 Å². The second-order valence-corrected chi connectivity index (χ2v) is 9.96. The molecule has 0 aromatic heterocycles. The standard InChI is InChI=1S/C21H33N3O6S/c1-15(2)20(21(25)22-14-16(3)24-7-11-28-12-8-24)23-31(26,27)17-5-6-18-19(13-17)30-10-4-9-29-18/h5-6,13,15-16,20,23H,4,7-12,14H2,1-3H3,(H,22,25). The second kappa shape index (κ2) is 10.6. The molecule has 0 radical (unpaired) electrons. The Balaban J connectivity index is 1.65. The van der Waals surface area contributed by atoms with Gasteiger partial charge in [0.05, 0.1) is 31.3 Å². The van der Waals surface area contributed by atoms with Gasteiger partial charge < -0.3 is 19.5 Å². The third-order valence-electron chi connectivity index (χ3n) is 5.50. The predicted octanol–water partition coefficient (Wildman–Crippen LogP) is 0.988. The summed E-state index contributed by atoms with van der Waals surface area (Å²) in [6.45, 7) is 10.1. The third kappa shape index (κ3) is 6.31. The Morgan fingerprint density at radius 3 is 2.42 bits per heavy atom. The molecule has 0 aliphatic carbocycles. The molecular formula is C21H33N3O6S. The number of sulfonamides is 1. The van der Waals surface area contributed by atoms with E-state index in [4.69, 9.17) is 14.2 Å². The zero-order chi connectivity index (χ0) is 22.4. The Kier molecular flexibility index (Phi) is 8.15. The van der Waals surface area contributed by atoms with Crippen molar-refractivity contribution in [2.45, 2.75) is 44.2 Å². The lowest BCUT2D eigenvalue weighted by Gasteiger charge is -2.32. The molecule has 2 aliphatic heterocycles. The number of nitrogens with one attached hydrogen (secondary N) is 2. The third-order valence-corrected chi connectivity index (χ3v) is 6.94. The van der Waals surface area contributed by atoms with E-state index < -0.39 is 16.1 Å². The van der Waals surface area contributed by atoms with Gasteiger partial charge in [-0.25, -0.2) is 8.42 Å². The van der Waals surface area contributed by atoms with Crippen molar-refractivity contribution in [1.82, 2.24) is 14.9 Å². The summed E-state index contributed by atoms with van der Waals surface area (Å²) in [7, 11) is -3.93. The summed E-state index contributed by atoms with van der Waals surface area (Å²) in [4.78, 5) is 15.1. The molecule has 2 atom stereocenters. The first-order valence-corrected chi connectivity index (χ1v) is 12.3. The molecule has 3 rings (SSSR count). The van der Waals surface area contributed by atoms with E-state index in [1.54, 1.807) is 6.07 Å². The van der Waals surface area contributed by atoms with Gasteiger partial charge in [-0.05, 0) is 25.0 Å². The van der Waals surface area contributed by atoms with Crippen LogP contribution >= 0.6 is 0 Å². The Morgan fingerprint density at radius 1 is 1.06 bits per heavy atom. The molecule has 0 spiro atoms. The lowest BCUT2D eigenvalue weighted by Crippen LogP contribution is -2.53. The minimum atomic E-state index is -3.93. The molecule has 1 fully saturated rings. The molecule has 1 amide bonds. The first-order valence-electron chi connectivity index (χ1n) is 10.8. The highest BCUT2D eigenvalue weighted by Crippen LogP contribution is 2.32. The van der Waals surface area contributed by atoms with E-state index in [-0.39, 0.29) is 22.8 Å². The van der Waals surface area contributed by atoms with Crippen molar-refractivity contribution in [3.8, 4) is 11.5 Å². The molecular weight excluding hydrogens is 422 g/mol. The van der Waals surface area contributed by atoms with Crippen LogP contribution in [-0.2, 0) is 19.6 Å². The Hall–Kier alpha value is -1.88. The van der Waals surface area contributed by atoms with Crippen LogP contribution in [0.3, 0.4) is 0 Å². The minimum absolute atomic E-state index is 0.0388. The van der Waals surface area contributed by atoms with Gasteiger partial charge in [-0.15, -0.1) is 0 Å². The van der Waals surface area contributed by atoms with Gasteiger partial charge in [0.15, 0.2) is 11.5 Å². The number of amides is 1. The summed E-state index contributed by atoms with van der Waals surface area (Å²) in [6, 6.07) is 3.74. The van der Waals surface area contributed by atoms with Crippen LogP contribution < -0.4 is 19.5 Å². The van der Waals surface area contributed by atoms with Crippen LogP contribution in [0.5, 0.6) is 11.5 Å². The molecule has 0 saturated carbocycles. The van der Waals surface area contributed by atoms with Crippen molar-refractivity contribution >= 4 is 15.9 Å². The highest BCUT2D eigenvalue weighted by atomic mass is 32.2. The molecule has 31 heavy (non-hydrogen) atoms.